The molecular formula is C39H53ClN2O10. The van der Waals surface area contributed by atoms with Crippen molar-refractivity contribution in [3.05, 3.63) is 93.5 Å². The predicted molar refractivity (Wildman–Crippen MR) is 202 cm³/mol. The van der Waals surface area contributed by atoms with Crippen LogP contribution in [0.4, 0.5) is 0 Å². The molecule has 1 aliphatic carbocycles. The van der Waals surface area contributed by atoms with Crippen LogP contribution in [0.3, 0.4) is 0 Å². The molecule has 1 N–H and O–H groups in total. The van der Waals surface area contributed by atoms with Gasteiger partial charge in [0.2, 0.25) is 6.41 Å². The van der Waals surface area contributed by atoms with E-state index in [4.69, 9.17) is 30.5 Å². The lowest BCUT2D eigenvalue weighted by atomic mass is 10.1. The number of hydrogen-bond donors (Lipinski definition) is 1. The zero-order chi connectivity index (χ0) is 38.2. The monoisotopic (exact) mass is 744 g/mol. The first-order valence-electron chi connectivity index (χ1n) is 17.5. The van der Waals surface area contributed by atoms with Gasteiger partial charge in [-0.05, 0) is 86.9 Å². The number of benzene rings is 2. The minimum absolute atomic E-state index is 0.00846. The Hall–Kier alpha value is -4.84. The fourth-order valence-corrected chi connectivity index (χ4v) is 4.82. The number of methoxy groups -OCH3 is 1. The van der Waals surface area contributed by atoms with Crippen LogP contribution in [-0.2, 0) is 24.0 Å². The standard InChI is InChI=1S/C17H20N2O9.C15H19ClO.C7H14/c1-25-15-10-13(6-7-14(15)28-17(22)11-18-12-20)4-2-8-26-16(21)5-3-9-27-19(23)24;16-14-9-5-10-15(12-14)17-11-4-3-8-13-6-1-2-7-13;1-3-5-7-6-4-2/h2,4,6-7,10,12H,3,5,8-9,11H2,1H3,(H,18,20);3,5,8-10,12-13H,1-2,4,6-7,11H2;3,5H,4,6-7H2,1-2H3/b4-2+;8-3+;5-3-. The first-order chi connectivity index (χ1) is 25.2. The number of halogens is 1. The van der Waals surface area contributed by atoms with Crippen LogP contribution < -0.4 is 19.5 Å². The number of unbranched alkanes of at least 4 members (excludes halogenated alkanes) is 2. The first-order valence-corrected chi connectivity index (χ1v) is 17.9. The predicted octanol–water partition coefficient (Wildman–Crippen LogP) is 8.50. The number of esters is 2. The van der Waals surface area contributed by atoms with E-state index in [1.165, 1.54) is 58.1 Å². The summed E-state index contributed by atoms with van der Waals surface area (Å²) in [7, 11) is 1.41. The number of nitrogens with zero attached hydrogens (tertiary/aromatic N) is 1. The molecule has 0 spiro atoms. The number of carbonyl (C=O) groups excluding carboxylic acids is 3. The van der Waals surface area contributed by atoms with Gasteiger partial charge in [-0.15, -0.1) is 10.1 Å². The van der Waals surface area contributed by atoms with Gasteiger partial charge in [0, 0.05) is 11.4 Å². The highest BCUT2D eigenvalue weighted by Gasteiger charge is 2.11. The Bertz CT molecular complexity index is 1410. The van der Waals surface area contributed by atoms with E-state index >= 15 is 0 Å². The molecule has 12 nitrogen and oxygen atoms in total. The van der Waals surface area contributed by atoms with Gasteiger partial charge in [-0.2, -0.15) is 0 Å². The topological polar surface area (TPSA) is 153 Å². The van der Waals surface area contributed by atoms with Gasteiger partial charge in [0.25, 0.3) is 5.09 Å². The fourth-order valence-electron chi connectivity index (χ4n) is 4.64. The van der Waals surface area contributed by atoms with E-state index < -0.39 is 17.0 Å². The molecule has 0 radical (unpaired) electrons. The van der Waals surface area contributed by atoms with E-state index in [9.17, 15) is 24.5 Å². The SMILES string of the molecule is C/C=C\CCCC.COc1cc(/C=C/COC(=O)CCCO[N+](=O)[O-])ccc1OC(=O)CNC=O.Clc1cccc(OCC/C=C/C2CCCC2)c1. The minimum atomic E-state index is -0.920. The van der Waals surface area contributed by atoms with Crippen molar-refractivity contribution in [2.24, 2.45) is 5.92 Å². The summed E-state index contributed by atoms with van der Waals surface area (Å²) in [5.41, 5.74) is 0.707. The molecule has 0 aliphatic heterocycles. The van der Waals surface area contributed by atoms with Crippen LogP contribution in [-0.4, -0.2) is 56.9 Å². The quantitative estimate of drug-likeness (QED) is 0.0250. The molecule has 2 aromatic carbocycles. The molecule has 1 amide bonds. The van der Waals surface area contributed by atoms with Crippen molar-refractivity contribution in [3.8, 4) is 17.2 Å². The Labute approximate surface area is 312 Å². The average Bonchev–Trinajstić information content (AvgIpc) is 3.66. The van der Waals surface area contributed by atoms with Crippen LogP contribution in [0.5, 0.6) is 17.2 Å². The third-order valence-corrected chi connectivity index (χ3v) is 7.47. The zero-order valence-electron chi connectivity index (χ0n) is 30.5. The van der Waals surface area contributed by atoms with Crippen LogP contribution in [0.15, 0.2) is 72.8 Å². The largest absolute Gasteiger partial charge is 0.493 e. The Morgan fingerprint density at radius 3 is 2.46 bits per heavy atom. The summed E-state index contributed by atoms with van der Waals surface area (Å²) in [6, 6.07) is 12.3. The van der Waals surface area contributed by atoms with Crippen molar-refractivity contribution in [3.63, 3.8) is 0 Å². The molecule has 1 fully saturated rings. The van der Waals surface area contributed by atoms with E-state index in [0.717, 1.165) is 29.7 Å². The fraction of sp³-hybridized carbons (Fsp3) is 0.462. The zero-order valence-corrected chi connectivity index (χ0v) is 31.2. The summed E-state index contributed by atoms with van der Waals surface area (Å²) in [5, 5.41) is 12.0. The highest BCUT2D eigenvalue weighted by atomic mass is 35.5. The van der Waals surface area contributed by atoms with Gasteiger partial charge in [-0.1, -0.05) is 86.7 Å². The number of allylic oxidation sites excluding steroid dienone is 3. The lowest BCUT2D eigenvalue weighted by Gasteiger charge is -2.09. The van der Waals surface area contributed by atoms with Crippen LogP contribution in [0.25, 0.3) is 6.08 Å². The van der Waals surface area contributed by atoms with Gasteiger partial charge >= 0.3 is 11.9 Å². The Balaban J connectivity index is 0.000000472. The molecule has 13 heteroatoms. The number of nitrogens with one attached hydrogen (secondary N) is 1. The van der Waals surface area contributed by atoms with Crippen LogP contribution >= 0.6 is 11.6 Å². The van der Waals surface area contributed by atoms with Crippen molar-refractivity contribution < 1.29 is 43.3 Å². The maximum atomic E-state index is 11.5. The first kappa shape index (κ1) is 45.2. The highest BCUT2D eigenvalue weighted by molar-refractivity contribution is 6.30. The molecule has 1 aliphatic rings. The van der Waals surface area contributed by atoms with Crippen molar-refractivity contribution in [2.45, 2.75) is 78.1 Å². The van der Waals surface area contributed by atoms with Crippen molar-refractivity contribution in [2.75, 3.05) is 33.5 Å². The lowest BCUT2D eigenvalue weighted by Crippen LogP contribution is -2.25. The normalized spacial score (nSPS) is 12.4. The molecule has 286 valence electrons. The van der Waals surface area contributed by atoms with Crippen LogP contribution in [0.1, 0.15) is 83.6 Å². The number of rotatable bonds is 21. The molecule has 0 atom stereocenters. The number of carbonyl (C=O) groups is 3. The molecular weight excluding hydrogens is 692 g/mol. The second kappa shape index (κ2) is 29.8. The summed E-state index contributed by atoms with van der Waals surface area (Å²) in [5.74, 6) is 1.03. The van der Waals surface area contributed by atoms with Gasteiger partial charge in [-0.25, -0.2) is 4.79 Å². The summed E-state index contributed by atoms with van der Waals surface area (Å²) < 4.78 is 20.8. The van der Waals surface area contributed by atoms with Crippen LogP contribution in [0, 0.1) is 16.0 Å². The van der Waals surface area contributed by atoms with Gasteiger partial charge in [-0.3, -0.25) is 9.59 Å². The van der Waals surface area contributed by atoms with E-state index in [0.29, 0.717) is 17.7 Å². The summed E-state index contributed by atoms with van der Waals surface area (Å²) >= 11 is 5.88. The summed E-state index contributed by atoms with van der Waals surface area (Å²) in [6.07, 6.45) is 23.2. The minimum Gasteiger partial charge on any atom is -0.493 e. The maximum absolute atomic E-state index is 11.5. The summed E-state index contributed by atoms with van der Waals surface area (Å²) in [6.45, 7) is 4.59. The number of ether oxygens (including phenoxy) is 4. The molecule has 0 unspecified atom stereocenters. The van der Waals surface area contributed by atoms with Gasteiger partial charge in [0.15, 0.2) is 11.5 Å². The molecule has 3 rings (SSSR count). The van der Waals surface area contributed by atoms with E-state index in [1.807, 2.05) is 24.3 Å². The average molecular weight is 745 g/mol. The molecule has 2 aromatic rings. The van der Waals surface area contributed by atoms with Gasteiger partial charge in [0.1, 0.15) is 18.9 Å². The van der Waals surface area contributed by atoms with E-state index in [-0.39, 0.29) is 38.3 Å². The van der Waals surface area contributed by atoms with Gasteiger partial charge in [0.05, 0.1) is 20.3 Å². The van der Waals surface area contributed by atoms with Gasteiger partial charge < -0.3 is 29.1 Å². The number of hydrogen-bond acceptors (Lipinski definition) is 10. The van der Waals surface area contributed by atoms with Crippen molar-refractivity contribution in [1.29, 1.82) is 0 Å². The Morgan fingerprint density at radius 2 is 1.79 bits per heavy atom. The second-order valence-corrected chi connectivity index (χ2v) is 11.8. The Morgan fingerprint density at radius 1 is 1.00 bits per heavy atom. The molecule has 1 saturated carbocycles. The molecule has 52 heavy (non-hydrogen) atoms. The highest BCUT2D eigenvalue weighted by Crippen LogP contribution is 2.29. The number of amides is 1. The lowest BCUT2D eigenvalue weighted by molar-refractivity contribution is -0.757. The second-order valence-electron chi connectivity index (χ2n) is 11.4. The smallest absolute Gasteiger partial charge is 0.330 e. The Kier molecular flexibility index (Phi) is 25.9. The van der Waals surface area contributed by atoms with E-state index in [2.05, 4.69) is 48.3 Å². The summed E-state index contributed by atoms with van der Waals surface area (Å²) in [4.78, 5) is 47.2. The molecule has 0 aromatic heterocycles. The van der Waals surface area contributed by atoms with Crippen molar-refractivity contribution in [1.82, 2.24) is 5.32 Å². The third kappa shape index (κ3) is 23.5. The molecule has 0 saturated heterocycles. The maximum Gasteiger partial charge on any atom is 0.330 e. The van der Waals surface area contributed by atoms with Crippen LogP contribution in [0.2, 0.25) is 5.02 Å². The molecule has 0 bridgehead atoms. The van der Waals surface area contributed by atoms with Crippen molar-refractivity contribution >= 4 is 36.0 Å². The third-order valence-electron chi connectivity index (χ3n) is 7.23. The van der Waals surface area contributed by atoms with E-state index in [1.54, 1.807) is 24.3 Å². The molecule has 0 heterocycles.